The Hall–Kier alpha value is -2.21. The van der Waals surface area contributed by atoms with Crippen molar-refractivity contribution in [2.75, 3.05) is 26.2 Å². The van der Waals surface area contributed by atoms with E-state index in [2.05, 4.69) is 22.9 Å². The molecule has 1 aromatic heterocycles. The van der Waals surface area contributed by atoms with Gasteiger partial charge in [0.25, 0.3) is 5.91 Å². The van der Waals surface area contributed by atoms with Crippen LogP contribution >= 0.6 is 22.9 Å². The summed E-state index contributed by atoms with van der Waals surface area (Å²) in [6.07, 6.45) is 1.70. The first-order valence-electron chi connectivity index (χ1n) is 9.42. The third-order valence-electron chi connectivity index (χ3n) is 5.24. The number of piperazine rings is 1. The lowest BCUT2D eigenvalue weighted by Crippen LogP contribution is -2.49. The Kier molecular flexibility index (Phi) is 5.76. The van der Waals surface area contributed by atoms with Crippen molar-refractivity contribution >= 4 is 28.8 Å². The summed E-state index contributed by atoms with van der Waals surface area (Å²) in [5.74, 6) is 0.0738. The zero-order valence-corrected chi connectivity index (χ0v) is 17.3. The van der Waals surface area contributed by atoms with Crippen molar-refractivity contribution in [1.29, 1.82) is 0 Å². The van der Waals surface area contributed by atoms with E-state index in [1.807, 2.05) is 53.4 Å². The molecule has 6 heteroatoms. The molecule has 3 aromatic rings. The van der Waals surface area contributed by atoms with Crippen LogP contribution in [0.3, 0.4) is 0 Å². The number of nitrogens with zero attached hydrogens (tertiary/aromatic N) is 3. The van der Waals surface area contributed by atoms with E-state index in [9.17, 15) is 4.79 Å². The molecule has 28 heavy (non-hydrogen) atoms. The van der Waals surface area contributed by atoms with Crippen molar-refractivity contribution in [2.24, 2.45) is 0 Å². The van der Waals surface area contributed by atoms with Crippen molar-refractivity contribution in [3.05, 3.63) is 76.3 Å². The lowest BCUT2D eigenvalue weighted by atomic mass is 10.1. The Balaban J connectivity index is 1.39. The van der Waals surface area contributed by atoms with Gasteiger partial charge in [-0.15, -0.1) is 11.3 Å². The van der Waals surface area contributed by atoms with Gasteiger partial charge in [0.2, 0.25) is 0 Å². The molecule has 1 aliphatic heterocycles. The normalized spacial score (nSPS) is 16.1. The van der Waals surface area contributed by atoms with Crippen molar-refractivity contribution in [2.45, 2.75) is 13.0 Å². The first-order chi connectivity index (χ1) is 13.6. The molecule has 1 amide bonds. The predicted octanol–water partition coefficient (Wildman–Crippen LogP) is 4.98. The third-order valence-corrected chi connectivity index (χ3v) is 6.62. The Morgan fingerprint density at radius 1 is 1.04 bits per heavy atom. The number of carbonyl (C=O) groups is 1. The van der Waals surface area contributed by atoms with Gasteiger partial charge in [0, 0.05) is 42.8 Å². The van der Waals surface area contributed by atoms with E-state index in [1.54, 1.807) is 6.20 Å². The van der Waals surface area contributed by atoms with Crippen molar-refractivity contribution < 1.29 is 4.79 Å². The second-order valence-electron chi connectivity index (χ2n) is 6.92. The predicted molar refractivity (Wildman–Crippen MR) is 115 cm³/mol. The molecule has 0 N–H and O–H groups in total. The second kappa shape index (κ2) is 8.43. The fourth-order valence-electron chi connectivity index (χ4n) is 3.57. The molecule has 0 bridgehead atoms. The molecule has 0 aliphatic carbocycles. The average molecular weight is 412 g/mol. The maximum Gasteiger partial charge on any atom is 0.265 e. The lowest BCUT2D eigenvalue weighted by molar-refractivity contribution is 0.0586. The topological polar surface area (TPSA) is 36.4 Å². The van der Waals surface area contributed by atoms with Crippen LogP contribution in [0.2, 0.25) is 5.02 Å². The standard InChI is InChI=1S/C22H22ClN3OS/c1-16(18-9-5-6-10-19(18)23)25-11-13-26(14-12-25)22(27)20-15-24-21(28-20)17-7-3-2-4-8-17/h2-10,15-16H,11-14H2,1H3. The summed E-state index contributed by atoms with van der Waals surface area (Å²) in [6.45, 7) is 5.28. The third kappa shape index (κ3) is 3.97. The molecule has 2 aromatic carbocycles. The van der Waals surface area contributed by atoms with Crippen LogP contribution in [-0.2, 0) is 0 Å². The van der Waals surface area contributed by atoms with Crippen LogP contribution in [0.4, 0.5) is 0 Å². The summed E-state index contributed by atoms with van der Waals surface area (Å²) < 4.78 is 0. The summed E-state index contributed by atoms with van der Waals surface area (Å²) in [4.78, 5) is 22.4. The summed E-state index contributed by atoms with van der Waals surface area (Å²) in [7, 11) is 0. The molecule has 2 heterocycles. The molecule has 1 saturated heterocycles. The van der Waals surface area contributed by atoms with E-state index >= 15 is 0 Å². The van der Waals surface area contributed by atoms with Gasteiger partial charge in [0.15, 0.2) is 0 Å². The number of carbonyl (C=O) groups excluding carboxylic acids is 1. The summed E-state index contributed by atoms with van der Waals surface area (Å²) in [5.41, 5.74) is 2.18. The van der Waals surface area contributed by atoms with Crippen LogP contribution in [-0.4, -0.2) is 46.9 Å². The van der Waals surface area contributed by atoms with Gasteiger partial charge in [-0.25, -0.2) is 4.98 Å². The van der Waals surface area contributed by atoms with Gasteiger partial charge in [0.1, 0.15) is 9.88 Å². The van der Waals surface area contributed by atoms with Gasteiger partial charge in [-0.1, -0.05) is 60.1 Å². The quantitative estimate of drug-likeness (QED) is 0.607. The number of hydrogen-bond acceptors (Lipinski definition) is 4. The largest absolute Gasteiger partial charge is 0.335 e. The number of amides is 1. The molecule has 1 atom stereocenters. The SMILES string of the molecule is CC(c1ccccc1Cl)N1CCN(C(=O)c2cnc(-c3ccccc3)s2)CC1. The molecule has 4 nitrogen and oxygen atoms in total. The van der Waals surface area contributed by atoms with Gasteiger partial charge in [-0.05, 0) is 18.6 Å². The van der Waals surface area contributed by atoms with Crippen molar-refractivity contribution in [1.82, 2.24) is 14.8 Å². The average Bonchev–Trinajstić information content (AvgIpc) is 3.24. The van der Waals surface area contributed by atoms with Gasteiger partial charge in [-0.3, -0.25) is 9.69 Å². The molecule has 0 radical (unpaired) electrons. The van der Waals surface area contributed by atoms with Crippen molar-refractivity contribution in [3.63, 3.8) is 0 Å². The number of hydrogen-bond donors (Lipinski definition) is 0. The van der Waals surface area contributed by atoms with E-state index < -0.39 is 0 Å². The van der Waals surface area contributed by atoms with Gasteiger partial charge in [-0.2, -0.15) is 0 Å². The smallest absolute Gasteiger partial charge is 0.265 e. The van der Waals surface area contributed by atoms with E-state index in [1.165, 1.54) is 11.3 Å². The van der Waals surface area contributed by atoms with Crippen LogP contribution < -0.4 is 0 Å². The molecule has 4 rings (SSSR count). The zero-order valence-electron chi connectivity index (χ0n) is 15.7. The highest BCUT2D eigenvalue weighted by molar-refractivity contribution is 7.16. The summed E-state index contributed by atoms with van der Waals surface area (Å²) in [6, 6.07) is 18.2. The van der Waals surface area contributed by atoms with Crippen LogP contribution in [0.25, 0.3) is 10.6 Å². The van der Waals surface area contributed by atoms with E-state index in [0.29, 0.717) is 18.0 Å². The molecule has 1 unspecified atom stereocenters. The first-order valence-corrected chi connectivity index (χ1v) is 10.6. The fourth-order valence-corrected chi connectivity index (χ4v) is 4.75. The Morgan fingerprint density at radius 3 is 2.43 bits per heavy atom. The van der Waals surface area contributed by atoms with E-state index in [-0.39, 0.29) is 11.9 Å². The Labute approximate surface area is 174 Å². The lowest BCUT2D eigenvalue weighted by Gasteiger charge is -2.38. The van der Waals surface area contributed by atoms with Gasteiger partial charge < -0.3 is 4.90 Å². The molecular weight excluding hydrogens is 390 g/mol. The van der Waals surface area contributed by atoms with Crippen LogP contribution in [0.5, 0.6) is 0 Å². The maximum absolute atomic E-state index is 12.9. The van der Waals surface area contributed by atoms with Crippen LogP contribution in [0.15, 0.2) is 60.8 Å². The monoisotopic (exact) mass is 411 g/mol. The van der Waals surface area contributed by atoms with Gasteiger partial charge in [0.05, 0.1) is 6.20 Å². The minimum Gasteiger partial charge on any atom is -0.335 e. The molecule has 0 spiro atoms. The highest BCUT2D eigenvalue weighted by Crippen LogP contribution is 2.29. The number of thiazole rings is 1. The molecule has 1 aliphatic rings. The molecule has 144 valence electrons. The van der Waals surface area contributed by atoms with Crippen LogP contribution in [0, 0.1) is 0 Å². The van der Waals surface area contributed by atoms with E-state index in [0.717, 1.165) is 34.2 Å². The first kappa shape index (κ1) is 19.1. The molecule has 1 fully saturated rings. The number of rotatable bonds is 4. The number of aromatic nitrogens is 1. The van der Waals surface area contributed by atoms with Gasteiger partial charge >= 0.3 is 0 Å². The molecular formula is C22H22ClN3OS. The fraction of sp³-hybridized carbons (Fsp3) is 0.273. The van der Waals surface area contributed by atoms with E-state index in [4.69, 9.17) is 11.6 Å². The summed E-state index contributed by atoms with van der Waals surface area (Å²) in [5, 5.41) is 1.68. The minimum absolute atomic E-state index is 0.0738. The zero-order chi connectivity index (χ0) is 19.5. The minimum atomic E-state index is 0.0738. The molecule has 0 saturated carbocycles. The van der Waals surface area contributed by atoms with Crippen molar-refractivity contribution in [3.8, 4) is 10.6 Å². The highest BCUT2D eigenvalue weighted by atomic mass is 35.5. The maximum atomic E-state index is 12.9. The highest BCUT2D eigenvalue weighted by Gasteiger charge is 2.27. The Bertz CT molecular complexity index is 951. The summed E-state index contributed by atoms with van der Waals surface area (Å²) >= 11 is 7.81. The second-order valence-corrected chi connectivity index (χ2v) is 8.36. The Morgan fingerprint density at radius 2 is 1.71 bits per heavy atom. The number of halogens is 1. The number of benzene rings is 2. The van der Waals surface area contributed by atoms with Crippen LogP contribution in [0.1, 0.15) is 28.2 Å².